The van der Waals surface area contributed by atoms with E-state index in [1.165, 1.54) is 19.3 Å². The topological polar surface area (TPSA) is 47.3 Å². The number of aryl methyl sites for hydroxylation is 1. The number of aromatic nitrogens is 2. The van der Waals surface area contributed by atoms with Crippen LogP contribution in [-0.2, 0) is 6.54 Å². The average molecular weight is 336 g/mol. The summed E-state index contributed by atoms with van der Waals surface area (Å²) in [5.41, 5.74) is 3.19. The molecule has 4 rings (SSSR count). The van der Waals surface area contributed by atoms with E-state index in [4.69, 9.17) is 9.72 Å². The van der Waals surface area contributed by atoms with E-state index in [2.05, 4.69) is 10.6 Å². The van der Waals surface area contributed by atoms with Gasteiger partial charge < -0.3 is 14.4 Å². The predicted molar refractivity (Wildman–Crippen MR) is 99.0 cm³/mol. The van der Waals surface area contributed by atoms with Crippen LogP contribution in [-0.4, -0.2) is 27.4 Å². The van der Waals surface area contributed by atoms with E-state index >= 15 is 0 Å². The molecule has 1 saturated carbocycles. The van der Waals surface area contributed by atoms with Gasteiger partial charge in [0.05, 0.1) is 17.6 Å². The highest BCUT2D eigenvalue weighted by atomic mass is 16.5. The highest BCUT2D eigenvalue weighted by Gasteiger charge is 2.26. The molecule has 0 amide bonds. The van der Waals surface area contributed by atoms with Gasteiger partial charge in [0.25, 0.3) is 0 Å². The van der Waals surface area contributed by atoms with Gasteiger partial charge in [-0.3, -0.25) is 0 Å². The molecule has 4 nitrogen and oxygen atoms in total. The molecule has 0 bridgehead atoms. The summed E-state index contributed by atoms with van der Waals surface area (Å²) < 4.78 is 8.00. The van der Waals surface area contributed by atoms with Crippen LogP contribution in [0.1, 0.15) is 36.6 Å². The first-order chi connectivity index (χ1) is 12.2. The van der Waals surface area contributed by atoms with Crippen LogP contribution >= 0.6 is 0 Å². The fourth-order valence-electron chi connectivity index (χ4n) is 3.43. The van der Waals surface area contributed by atoms with Crippen LogP contribution in [0.2, 0.25) is 0 Å². The molecule has 4 heteroatoms. The van der Waals surface area contributed by atoms with Crippen molar-refractivity contribution < 1.29 is 9.84 Å². The predicted octanol–water partition coefficient (Wildman–Crippen LogP) is 4.05. The largest absolute Gasteiger partial charge is 0.491 e. The molecule has 1 fully saturated rings. The normalized spacial score (nSPS) is 15.9. The van der Waals surface area contributed by atoms with Crippen LogP contribution in [0, 0.1) is 6.92 Å². The van der Waals surface area contributed by atoms with Crippen LogP contribution in [0.4, 0.5) is 0 Å². The van der Waals surface area contributed by atoms with Crippen molar-refractivity contribution in [1.82, 2.24) is 9.55 Å². The average Bonchev–Trinajstić information content (AvgIpc) is 2.91. The van der Waals surface area contributed by atoms with Gasteiger partial charge in [-0.05, 0) is 43.5 Å². The standard InChI is InChI=1S/C21H24N2O2/c1-15-7-2-5-12-20(15)25-14-17(24)13-23-19-11-4-3-10-18(19)22-21(23)16-8-6-9-16/h2-5,7,10-12,16-17,24H,6,8-9,13-14H2,1H3. The second-order valence-corrected chi connectivity index (χ2v) is 6.93. The van der Waals surface area contributed by atoms with Crippen LogP contribution in [0.25, 0.3) is 11.0 Å². The Kier molecular flexibility index (Phi) is 4.45. The summed E-state index contributed by atoms with van der Waals surface area (Å²) in [5.74, 6) is 2.47. The maximum absolute atomic E-state index is 10.6. The molecular weight excluding hydrogens is 312 g/mol. The van der Waals surface area contributed by atoms with Gasteiger partial charge in [-0.15, -0.1) is 0 Å². The molecule has 25 heavy (non-hydrogen) atoms. The van der Waals surface area contributed by atoms with Crippen LogP contribution in [0.3, 0.4) is 0 Å². The Bertz CT molecular complexity index is 867. The second kappa shape index (κ2) is 6.89. The number of hydrogen-bond acceptors (Lipinski definition) is 3. The number of imidazole rings is 1. The van der Waals surface area contributed by atoms with Gasteiger partial charge >= 0.3 is 0 Å². The van der Waals surface area contributed by atoms with Crippen molar-refractivity contribution in [3.63, 3.8) is 0 Å². The minimum Gasteiger partial charge on any atom is -0.491 e. The summed E-state index contributed by atoms with van der Waals surface area (Å²) in [6.45, 7) is 2.81. The molecule has 1 N–H and O–H groups in total. The zero-order valence-corrected chi connectivity index (χ0v) is 14.6. The number of rotatable bonds is 6. The van der Waals surface area contributed by atoms with Gasteiger partial charge in [-0.25, -0.2) is 4.98 Å². The summed E-state index contributed by atoms with van der Waals surface area (Å²) in [4.78, 5) is 4.83. The lowest BCUT2D eigenvalue weighted by molar-refractivity contribution is 0.0916. The number of aliphatic hydroxyl groups is 1. The molecule has 1 atom stereocenters. The maximum atomic E-state index is 10.6. The number of para-hydroxylation sites is 3. The van der Waals surface area contributed by atoms with Gasteiger partial charge in [0.2, 0.25) is 0 Å². The van der Waals surface area contributed by atoms with Crippen molar-refractivity contribution in [3.05, 3.63) is 59.9 Å². The Hall–Kier alpha value is -2.33. The van der Waals surface area contributed by atoms with E-state index < -0.39 is 6.10 Å². The summed E-state index contributed by atoms with van der Waals surface area (Å²) in [6.07, 6.45) is 3.08. The maximum Gasteiger partial charge on any atom is 0.122 e. The number of ether oxygens (including phenoxy) is 1. The molecule has 1 aromatic heterocycles. The number of nitrogens with zero attached hydrogens (tertiary/aromatic N) is 2. The van der Waals surface area contributed by atoms with Crippen LogP contribution in [0.15, 0.2) is 48.5 Å². The Labute approximate surface area is 148 Å². The minimum atomic E-state index is -0.573. The first-order valence-electron chi connectivity index (χ1n) is 9.04. The fraction of sp³-hybridized carbons (Fsp3) is 0.381. The Balaban J connectivity index is 1.52. The molecule has 130 valence electrons. The molecule has 0 saturated heterocycles. The zero-order chi connectivity index (χ0) is 17.2. The van der Waals surface area contributed by atoms with Crippen molar-refractivity contribution in [2.75, 3.05) is 6.61 Å². The van der Waals surface area contributed by atoms with E-state index in [1.807, 2.05) is 49.4 Å². The zero-order valence-electron chi connectivity index (χ0n) is 14.6. The third-order valence-electron chi connectivity index (χ3n) is 5.07. The molecule has 1 unspecified atom stereocenters. The van der Waals surface area contributed by atoms with Crippen molar-refractivity contribution >= 4 is 11.0 Å². The van der Waals surface area contributed by atoms with E-state index in [1.54, 1.807) is 0 Å². The highest BCUT2D eigenvalue weighted by Crippen LogP contribution is 2.37. The fourth-order valence-corrected chi connectivity index (χ4v) is 3.43. The number of hydrogen-bond donors (Lipinski definition) is 1. The van der Waals surface area contributed by atoms with Gasteiger partial charge in [0.1, 0.15) is 24.3 Å². The molecule has 0 radical (unpaired) electrons. The third kappa shape index (κ3) is 3.27. The summed E-state index contributed by atoms with van der Waals surface area (Å²) in [5, 5.41) is 10.6. The molecule has 1 aliphatic carbocycles. The number of fused-ring (bicyclic) bond motifs is 1. The van der Waals surface area contributed by atoms with Gasteiger partial charge in [0.15, 0.2) is 0 Å². The van der Waals surface area contributed by atoms with Crippen molar-refractivity contribution in [1.29, 1.82) is 0 Å². The molecule has 1 heterocycles. The number of benzene rings is 2. The molecular formula is C21H24N2O2. The van der Waals surface area contributed by atoms with E-state index in [0.29, 0.717) is 12.5 Å². The molecule has 0 spiro atoms. The lowest BCUT2D eigenvalue weighted by Gasteiger charge is -2.26. The van der Waals surface area contributed by atoms with Crippen LogP contribution < -0.4 is 4.74 Å². The van der Waals surface area contributed by atoms with Crippen molar-refractivity contribution in [2.24, 2.45) is 0 Å². The lowest BCUT2D eigenvalue weighted by Crippen LogP contribution is -2.26. The molecule has 2 aromatic carbocycles. The number of aliphatic hydroxyl groups excluding tert-OH is 1. The molecule has 3 aromatic rings. The summed E-state index contributed by atoms with van der Waals surface area (Å²) >= 11 is 0. The third-order valence-corrected chi connectivity index (χ3v) is 5.07. The minimum absolute atomic E-state index is 0.279. The summed E-state index contributed by atoms with van der Waals surface area (Å²) in [6, 6.07) is 16.1. The van der Waals surface area contributed by atoms with Gasteiger partial charge in [-0.1, -0.05) is 36.8 Å². The SMILES string of the molecule is Cc1ccccc1OCC(O)Cn1c(C2CCC2)nc2ccccc21. The molecule has 0 aliphatic heterocycles. The van der Waals surface area contributed by atoms with Crippen molar-refractivity contribution in [2.45, 2.75) is 44.8 Å². The monoisotopic (exact) mass is 336 g/mol. The smallest absolute Gasteiger partial charge is 0.122 e. The Morgan fingerprint density at radius 2 is 1.92 bits per heavy atom. The molecule has 1 aliphatic rings. The van der Waals surface area contributed by atoms with E-state index in [9.17, 15) is 5.11 Å². The first kappa shape index (κ1) is 16.2. The van der Waals surface area contributed by atoms with Crippen LogP contribution in [0.5, 0.6) is 5.75 Å². The van der Waals surface area contributed by atoms with E-state index in [0.717, 1.165) is 28.2 Å². The Morgan fingerprint density at radius 1 is 1.16 bits per heavy atom. The Morgan fingerprint density at radius 3 is 2.68 bits per heavy atom. The lowest BCUT2D eigenvalue weighted by atomic mass is 9.85. The van der Waals surface area contributed by atoms with Crippen molar-refractivity contribution in [3.8, 4) is 5.75 Å². The quantitative estimate of drug-likeness (QED) is 0.739. The van der Waals surface area contributed by atoms with E-state index in [-0.39, 0.29) is 6.61 Å². The van der Waals surface area contributed by atoms with Gasteiger partial charge in [0, 0.05) is 5.92 Å². The highest BCUT2D eigenvalue weighted by molar-refractivity contribution is 5.76. The second-order valence-electron chi connectivity index (χ2n) is 6.93. The summed E-state index contributed by atoms with van der Waals surface area (Å²) in [7, 11) is 0. The first-order valence-corrected chi connectivity index (χ1v) is 9.04. The van der Waals surface area contributed by atoms with Gasteiger partial charge in [-0.2, -0.15) is 0 Å².